The van der Waals surface area contributed by atoms with E-state index in [2.05, 4.69) is 5.10 Å². The third-order valence-corrected chi connectivity index (χ3v) is 5.34. The van der Waals surface area contributed by atoms with Crippen molar-refractivity contribution in [3.05, 3.63) is 41.2 Å². The van der Waals surface area contributed by atoms with E-state index in [0.29, 0.717) is 6.42 Å². The van der Waals surface area contributed by atoms with E-state index in [1.165, 1.54) is 25.8 Å². The van der Waals surface area contributed by atoms with Gasteiger partial charge in [0.25, 0.3) is 0 Å². The Morgan fingerprint density at radius 1 is 1.22 bits per heavy atom. The monoisotopic (exact) mass is 368 g/mol. The van der Waals surface area contributed by atoms with Crippen LogP contribution < -0.4 is 0 Å². The Labute approximate surface area is 157 Å². The Balaban J connectivity index is 1.90. The maximum absolute atomic E-state index is 12.5. The van der Waals surface area contributed by atoms with Crippen LogP contribution in [0, 0.1) is 13.8 Å². The molecule has 2 heterocycles. The number of hydrogen-bond donors (Lipinski definition) is 1. The lowest BCUT2D eigenvalue weighted by atomic mass is 10.0. The van der Waals surface area contributed by atoms with Crippen molar-refractivity contribution < 1.29 is 14.7 Å². The molecule has 0 aliphatic heterocycles. The first-order valence-electron chi connectivity index (χ1n) is 8.88. The summed E-state index contributed by atoms with van der Waals surface area (Å²) in [6.07, 6.45) is 0.693. The number of hydrogen-bond acceptors (Lipinski definition) is 4. The van der Waals surface area contributed by atoms with Gasteiger partial charge in [0.05, 0.1) is 5.52 Å². The molecule has 0 saturated heterocycles. The second-order valence-corrected chi connectivity index (χ2v) is 7.33. The van der Waals surface area contributed by atoms with Crippen molar-refractivity contribution in [3.8, 4) is 0 Å². The predicted octanol–water partition coefficient (Wildman–Crippen LogP) is 2.75. The normalized spacial score (nSPS) is 11.9. The lowest BCUT2D eigenvalue weighted by molar-refractivity contribution is -0.155. The van der Waals surface area contributed by atoms with Crippen LogP contribution in [0.25, 0.3) is 16.6 Å². The van der Waals surface area contributed by atoms with Crippen molar-refractivity contribution in [3.63, 3.8) is 0 Å². The van der Waals surface area contributed by atoms with Crippen molar-refractivity contribution in [1.82, 2.24) is 19.5 Å². The number of fused-ring (bicyclic) bond motifs is 3. The molecular formula is C20H24N4O3. The zero-order valence-electron chi connectivity index (χ0n) is 16.3. The maximum atomic E-state index is 12.5. The number of nitrogens with zero attached hydrogens (tertiary/aromatic N) is 4. The number of likely N-dealkylation sites (N-methyl/N-ethyl adjacent to an activating group) is 1. The summed E-state index contributed by atoms with van der Waals surface area (Å²) in [6, 6.07) is 7.85. The van der Waals surface area contributed by atoms with E-state index in [-0.39, 0.29) is 12.3 Å². The van der Waals surface area contributed by atoms with Crippen LogP contribution in [0.1, 0.15) is 37.2 Å². The van der Waals surface area contributed by atoms with Gasteiger partial charge in [-0.3, -0.25) is 4.79 Å². The van der Waals surface area contributed by atoms with Crippen LogP contribution in [0.3, 0.4) is 0 Å². The van der Waals surface area contributed by atoms with Gasteiger partial charge in [0.1, 0.15) is 5.54 Å². The summed E-state index contributed by atoms with van der Waals surface area (Å²) in [7, 11) is 1.53. The number of aryl methyl sites for hydroxylation is 2. The van der Waals surface area contributed by atoms with E-state index in [0.717, 1.165) is 33.5 Å². The van der Waals surface area contributed by atoms with Crippen LogP contribution in [0.15, 0.2) is 24.3 Å². The molecule has 0 spiro atoms. The number of carbonyl (C=O) groups is 2. The molecule has 0 saturated carbocycles. The molecule has 0 radical (unpaired) electrons. The highest BCUT2D eigenvalue weighted by molar-refractivity contribution is 5.92. The van der Waals surface area contributed by atoms with Gasteiger partial charge in [-0.15, -0.1) is 0 Å². The first-order chi connectivity index (χ1) is 12.6. The molecule has 0 aliphatic carbocycles. The van der Waals surface area contributed by atoms with Gasteiger partial charge in [-0.1, -0.05) is 12.1 Å². The van der Waals surface area contributed by atoms with E-state index in [1.54, 1.807) is 0 Å². The van der Waals surface area contributed by atoms with Gasteiger partial charge < -0.3 is 10.0 Å². The fourth-order valence-electron chi connectivity index (χ4n) is 3.19. The zero-order valence-corrected chi connectivity index (χ0v) is 16.3. The highest BCUT2D eigenvalue weighted by Gasteiger charge is 2.34. The molecule has 0 bridgehead atoms. The number of rotatable bonds is 5. The first-order valence-corrected chi connectivity index (χ1v) is 8.88. The summed E-state index contributed by atoms with van der Waals surface area (Å²) >= 11 is 0. The molecule has 27 heavy (non-hydrogen) atoms. The minimum atomic E-state index is -1.25. The maximum Gasteiger partial charge on any atom is 0.329 e. The lowest BCUT2D eigenvalue weighted by Gasteiger charge is -2.31. The number of amides is 1. The second kappa shape index (κ2) is 6.64. The van der Waals surface area contributed by atoms with Gasteiger partial charge in [0.15, 0.2) is 5.65 Å². The van der Waals surface area contributed by atoms with E-state index in [1.807, 2.05) is 42.6 Å². The average Bonchev–Trinajstić information content (AvgIpc) is 2.99. The summed E-state index contributed by atoms with van der Waals surface area (Å²) in [5.41, 5.74) is 3.21. The lowest BCUT2D eigenvalue weighted by Crippen LogP contribution is -2.50. The fraction of sp³-hybridized carbons (Fsp3) is 0.400. The molecule has 0 atom stereocenters. The van der Waals surface area contributed by atoms with E-state index in [9.17, 15) is 14.7 Å². The summed E-state index contributed by atoms with van der Waals surface area (Å²) in [5, 5.41) is 14.9. The molecule has 0 unspecified atom stereocenters. The van der Waals surface area contributed by atoms with Crippen molar-refractivity contribution >= 4 is 28.4 Å². The first kappa shape index (κ1) is 18.8. The molecule has 142 valence electrons. The fourth-order valence-corrected chi connectivity index (χ4v) is 3.19. The highest BCUT2D eigenvalue weighted by atomic mass is 16.4. The number of carbonyl (C=O) groups excluding carboxylic acids is 1. The van der Waals surface area contributed by atoms with Crippen molar-refractivity contribution in [2.45, 2.75) is 46.1 Å². The number of carboxylic acids is 1. The molecule has 3 rings (SSSR count). The summed E-state index contributed by atoms with van der Waals surface area (Å²) in [4.78, 5) is 29.9. The SMILES string of the molecule is Cc1nc2c3ccccc3nn2c(C)c1CCC(=O)N(C)C(C)(C)C(=O)O. The molecule has 1 N–H and O–H groups in total. The van der Waals surface area contributed by atoms with E-state index in [4.69, 9.17) is 4.98 Å². The smallest absolute Gasteiger partial charge is 0.329 e. The summed E-state index contributed by atoms with van der Waals surface area (Å²) in [6.45, 7) is 6.94. The zero-order chi connectivity index (χ0) is 19.9. The topological polar surface area (TPSA) is 87.8 Å². The van der Waals surface area contributed by atoms with E-state index >= 15 is 0 Å². The van der Waals surface area contributed by atoms with Gasteiger partial charge in [-0.2, -0.15) is 5.10 Å². The summed E-state index contributed by atoms with van der Waals surface area (Å²) in [5.74, 6) is -1.25. The molecule has 0 fully saturated rings. The van der Waals surface area contributed by atoms with Gasteiger partial charge in [-0.25, -0.2) is 14.3 Å². The Bertz CT molecular complexity index is 1050. The van der Waals surface area contributed by atoms with Crippen LogP contribution in [0.2, 0.25) is 0 Å². The van der Waals surface area contributed by atoms with Crippen LogP contribution >= 0.6 is 0 Å². The average molecular weight is 368 g/mol. The minimum absolute atomic E-state index is 0.211. The Kier molecular flexibility index (Phi) is 4.63. The van der Waals surface area contributed by atoms with Gasteiger partial charge >= 0.3 is 5.97 Å². The third kappa shape index (κ3) is 3.13. The third-order valence-electron chi connectivity index (χ3n) is 5.34. The second-order valence-electron chi connectivity index (χ2n) is 7.33. The highest BCUT2D eigenvalue weighted by Crippen LogP contribution is 2.23. The van der Waals surface area contributed by atoms with Crippen LogP contribution in [0.4, 0.5) is 0 Å². The van der Waals surface area contributed by atoms with Crippen LogP contribution in [-0.2, 0) is 16.0 Å². The molecule has 2 aromatic heterocycles. The molecule has 1 amide bonds. The van der Waals surface area contributed by atoms with Gasteiger partial charge in [0, 0.05) is 30.2 Å². The Morgan fingerprint density at radius 2 is 1.89 bits per heavy atom. The molecule has 1 aromatic carbocycles. The van der Waals surface area contributed by atoms with Gasteiger partial charge in [-0.05, 0) is 51.8 Å². The number of aliphatic carboxylic acids is 1. The summed E-state index contributed by atoms with van der Waals surface area (Å²) < 4.78 is 1.82. The number of carboxylic acid groups (broad SMARTS) is 1. The van der Waals surface area contributed by atoms with Crippen LogP contribution in [-0.4, -0.2) is 49.1 Å². The molecule has 3 aromatic rings. The standard InChI is InChI=1S/C20H24N4O3/c1-12-14(10-11-17(25)23(5)20(3,4)19(26)27)13(2)24-18(21-12)15-8-6-7-9-16(15)22-24/h6-9H,10-11H2,1-5H3,(H,26,27). The predicted molar refractivity (Wildman–Crippen MR) is 103 cm³/mol. The number of aromatic nitrogens is 3. The van der Waals surface area contributed by atoms with E-state index < -0.39 is 11.5 Å². The quantitative estimate of drug-likeness (QED) is 0.748. The van der Waals surface area contributed by atoms with Crippen molar-refractivity contribution in [1.29, 1.82) is 0 Å². The number of benzene rings is 1. The molecule has 7 heteroatoms. The van der Waals surface area contributed by atoms with Crippen LogP contribution in [0.5, 0.6) is 0 Å². The largest absolute Gasteiger partial charge is 0.480 e. The molecule has 0 aliphatic rings. The Morgan fingerprint density at radius 3 is 2.56 bits per heavy atom. The Hall–Kier alpha value is -2.96. The van der Waals surface area contributed by atoms with Gasteiger partial charge in [0.2, 0.25) is 5.91 Å². The van der Waals surface area contributed by atoms with Crippen molar-refractivity contribution in [2.75, 3.05) is 7.05 Å². The minimum Gasteiger partial charge on any atom is -0.480 e. The molecular weight excluding hydrogens is 344 g/mol. The molecule has 7 nitrogen and oxygen atoms in total. The van der Waals surface area contributed by atoms with Crippen molar-refractivity contribution in [2.24, 2.45) is 0 Å².